The second-order valence-corrected chi connectivity index (χ2v) is 6.29. The molecule has 0 saturated carbocycles. The molecule has 0 heterocycles. The van der Waals surface area contributed by atoms with Gasteiger partial charge in [-0.25, -0.2) is 9.18 Å². The lowest BCUT2D eigenvalue weighted by Crippen LogP contribution is -2.42. The molecule has 0 radical (unpaired) electrons. The summed E-state index contributed by atoms with van der Waals surface area (Å²) in [6, 6.07) is 12.9. The van der Waals surface area contributed by atoms with Gasteiger partial charge in [-0.15, -0.1) is 0 Å². The quantitative estimate of drug-likeness (QED) is 0.834. The summed E-state index contributed by atoms with van der Waals surface area (Å²) >= 11 is 0. The third kappa shape index (κ3) is 4.20. The molecule has 3 rings (SSSR count). The Morgan fingerprint density at radius 2 is 1.92 bits per heavy atom. The number of hydrogen-bond donors (Lipinski definition) is 2. The van der Waals surface area contributed by atoms with E-state index >= 15 is 0 Å². The van der Waals surface area contributed by atoms with Crippen LogP contribution in [0.1, 0.15) is 29.9 Å². The Kier molecular flexibility index (Phi) is 5.51. The summed E-state index contributed by atoms with van der Waals surface area (Å²) in [5.74, 6) is -1.88. The monoisotopic (exact) mass is 357 g/mol. The van der Waals surface area contributed by atoms with Gasteiger partial charge in [0.15, 0.2) is 0 Å². The molecule has 0 saturated heterocycles. The van der Waals surface area contributed by atoms with Gasteiger partial charge in [0.25, 0.3) is 0 Å². The number of fused-ring (bicyclic) bond motifs is 1. The number of carboxylic acid groups (broad SMARTS) is 1. The minimum absolute atomic E-state index is 0.162. The summed E-state index contributed by atoms with van der Waals surface area (Å²) in [5.41, 5.74) is 2.17. The SMILES string of the molecule is O=C(O)C(CNC(=O)C1CCCc2ccccc21)Oc1ccc(F)cc1. The fourth-order valence-electron chi connectivity index (χ4n) is 3.20. The van der Waals surface area contributed by atoms with E-state index < -0.39 is 17.9 Å². The first-order chi connectivity index (χ1) is 12.5. The summed E-state index contributed by atoms with van der Waals surface area (Å²) < 4.78 is 18.3. The highest BCUT2D eigenvalue weighted by Gasteiger charge is 2.28. The van der Waals surface area contributed by atoms with Gasteiger partial charge >= 0.3 is 5.97 Å². The number of aliphatic carboxylic acids is 1. The molecule has 136 valence electrons. The van der Waals surface area contributed by atoms with E-state index in [4.69, 9.17) is 4.74 Å². The molecule has 0 fully saturated rings. The molecule has 2 N–H and O–H groups in total. The van der Waals surface area contributed by atoms with Gasteiger partial charge < -0.3 is 15.2 Å². The van der Waals surface area contributed by atoms with Gasteiger partial charge in [-0.05, 0) is 54.7 Å². The average Bonchev–Trinajstić information content (AvgIpc) is 2.65. The molecule has 2 unspecified atom stereocenters. The zero-order valence-corrected chi connectivity index (χ0v) is 14.2. The fourth-order valence-corrected chi connectivity index (χ4v) is 3.20. The first kappa shape index (κ1) is 17.9. The number of amides is 1. The molecule has 0 aliphatic heterocycles. The molecule has 1 amide bonds. The molecular formula is C20H20FNO4. The number of carbonyl (C=O) groups excluding carboxylic acids is 1. The van der Waals surface area contributed by atoms with Crippen LogP contribution in [0, 0.1) is 5.82 Å². The van der Waals surface area contributed by atoms with Crippen LogP contribution in [0.2, 0.25) is 0 Å². The number of carboxylic acids is 1. The van der Waals surface area contributed by atoms with Crippen LogP contribution >= 0.6 is 0 Å². The smallest absolute Gasteiger partial charge is 0.346 e. The van der Waals surface area contributed by atoms with E-state index in [1.165, 1.54) is 24.3 Å². The number of hydrogen-bond acceptors (Lipinski definition) is 3. The van der Waals surface area contributed by atoms with Gasteiger partial charge in [0.1, 0.15) is 11.6 Å². The molecule has 1 aliphatic rings. The van der Waals surface area contributed by atoms with Crippen molar-refractivity contribution in [3.63, 3.8) is 0 Å². The first-order valence-electron chi connectivity index (χ1n) is 8.55. The Morgan fingerprint density at radius 1 is 1.19 bits per heavy atom. The summed E-state index contributed by atoms with van der Waals surface area (Å²) in [7, 11) is 0. The van der Waals surface area contributed by atoms with Crippen molar-refractivity contribution in [1.29, 1.82) is 0 Å². The zero-order valence-electron chi connectivity index (χ0n) is 14.2. The highest BCUT2D eigenvalue weighted by Crippen LogP contribution is 2.31. The molecule has 5 nitrogen and oxygen atoms in total. The molecule has 6 heteroatoms. The number of ether oxygens (including phenoxy) is 1. The molecule has 2 atom stereocenters. The maximum Gasteiger partial charge on any atom is 0.346 e. The van der Waals surface area contributed by atoms with Crippen molar-refractivity contribution in [2.45, 2.75) is 31.3 Å². The van der Waals surface area contributed by atoms with Gasteiger partial charge in [-0.1, -0.05) is 24.3 Å². The molecule has 26 heavy (non-hydrogen) atoms. The lowest BCUT2D eigenvalue weighted by molar-refractivity contribution is -0.145. The fraction of sp³-hybridized carbons (Fsp3) is 0.300. The molecule has 0 aromatic heterocycles. The van der Waals surface area contributed by atoms with Crippen molar-refractivity contribution < 1.29 is 23.8 Å². The van der Waals surface area contributed by atoms with Gasteiger partial charge in [0, 0.05) is 0 Å². The highest BCUT2D eigenvalue weighted by molar-refractivity contribution is 5.85. The van der Waals surface area contributed by atoms with Crippen LogP contribution in [0.25, 0.3) is 0 Å². The predicted octanol–water partition coefficient (Wildman–Crippen LogP) is 2.89. The second-order valence-electron chi connectivity index (χ2n) is 6.29. The van der Waals surface area contributed by atoms with Crippen LogP contribution in [0.5, 0.6) is 5.75 Å². The van der Waals surface area contributed by atoms with E-state index in [9.17, 15) is 19.1 Å². The summed E-state index contributed by atoms with van der Waals surface area (Å²) in [6.45, 7) is -0.162. The van der Waals surface area contributed by atoms with E-state index in [1.807, 2.05) is 24.3 Å². The third-order valence-electron chi connectivity index (χ3n) is 4.52. The Morgan fingerprint density at radius 3 is 2.65 bits per heavy atom. The molecule has 0 spiro atoms. The Labute approximate surface area is 150 Å². The number of rotatable bonds is 6. The molecule has 1 aliphatic carbocycles. The van der Waals surface area contributed by atoms with Crippen LogP contribution in [0.3, 0.4) is 0 Å². The van der Waals surface area contributed by atoms with E-state index in [0.29, 0.717) is 0 Å². The van der Waals surface area contributed by atoms with Crippen molar-refractivity contribution in [1.82, 2.24) is 5.32 Å². The van der Waals surface area contributed by atoms with Gasteiger partial charge in [-0.3, -0.25) is 4.79 Å². The maximum absolute atomic E-state index is 12.9. The number of aryl methyl sites for hydroxylation is 1. The topological polar surface area (TPSA) is 75.6 Å². The number of benzene rings is 2. The summed E-state index contributed by atoms with van der Waals surface area (Å²) in [5, 5.41) is 12.0. The number of halogens is 1. The van der Waals surface area contributed by atoms with Crippen LogP contribution in [-0.2, 0) is 16.0 Å². The lowest BCUT2D eigenvalue weighted by atomic mass is 9.82. The molecule has 2 aromatic carbocycles. The van der Waals surface area contributed by atoms with E-state index in [0.717, 1.165) is 30.4 Å². The van der Waals surface area contributed by atoms with Crippen LogP contribution in [0.15, 0.2) is 48.5 Å². The minimum Gasteiger partial charge on any atom is -0.478 e. The van der Waals surface area contributed by atoms with Crippen molar-refractivity contribution in [3.05, 3.63) is 65.5 Å². The summed E-state index contributed by atoms with van der Waals surface area (Å²) in [4.78, 5) is 24.0. The van der Waals surface area contributed by atoms with Gasteiger partial charge in [0.2, 0.25) is 12.0 Å². The zero-order chi connectivity index (χ0) is 18.5. The van der Waals surface area contributed by atoms with E-state index in [2.05, 4.69) is 5.32 Å². The van der Waals surface area contributed by atoms with Crippen molar-refractivity contribution in [2.75, 3.05) is 6.54 Å². The number of nitrogens with one attached hydrogen (secondary N) is 1. The second kappa shape index (κ2) is 7.99. The number of carbonyl (C=O) groups is 2. The van der Waals surface area contributed by atoms with Crippen molar-refractivity contribution in [3.8, 4) is 5.75 Å². The highest BCUT2D eigenvalue weighted by atomic mass is 19.1. The molecular weight excluding hydrogens is 337 g/mol. The van der Waals surface area contributed by atoms with Crippen molar-refractivity contribution in [2.24, 2.45) is 0 Å². The van der Waals surface area contributed by atoms with Crippen LogP contribution < -0.4 is 10.1 Å². The molecule has 0 bridgehead atoms. The van der Waals surface area contributed by atoms with E-state index in [1.54, 1.807) is 0 Å². The van der Waals surface area contributed by atoms with Crippen LogP contribution in [-0.4, -0.2) is 29.6 Å². The average molecular weight is 357 g/mol. The molecule has 2 aromatic rings. The Hall–Kier alpha value is -2.89. The third-order valence-corrected chi connectivity index (χ3v) is 4.52. The first-order valence-corrected chi connectivity index (χ1v) is 8.55. The Bertz CT molecular complexity index is 791. The van der Waals surface area contributed by atoms with Gasteiger partial charge in [-0.2, -0.15) is 0 Å². The maximum atomic E-state index is 12.9. The lowest BCUT2D eigenvalue weighted by Gasteiger charge is -2.25. The van der Waals surface area contributed by atoms with Crippen molar-refractivity contribution >= 4 is 11.9 Å². The normalized spacial score (nSPS) is 17.0. The minimum atomic E-state index is -1.25. The van der Waals surface area contributed by atoms with E-state index in [-0.39, 0.29) is 24.1 Å². The Balaban J connectivity index is 1.63. The van der Waals surface area contributed by atoms with Gasteiger partial charge in [0.05, 0.1) is 12.5 Å². The standard InChI is InChI=1S/C20H20FNO4/c21-14-8-10-15(11-9-14)26-18(20(24)25)12-22-19(23)17-7-3-5-13-4-1-2-6-16(13)17/h1-2,4,6,8-11,17-18H,3,5,7,12H2,(H,22,23)(H,24,25). The summed E-state index contributed by atoms with van der Waals surface area (Å²) in [6.07, 6.45) is 1.36. The predicted molar refractivity (Wildman–Crippen MR) is 93.6 cm³/mol. The largest absolute Gasteiger partial charge is 0.478 e. The van der Waals surface area contributed by atoms with Crippen LogP contribution in [0.4, 0.5) is 4.39 Å².